The van der Waals surface area contributed by atoms with Crippen LogP contribution in [0.2, 0.25) is 0 Å². The molecule has 3 aromatic rings. The molecule has 0 aliphatic heterocycles. The van der Waals surface area contributed by atoms with Crippen molar-refractivity contribution in [1.82, 2.24) is 0 Å². The van der Waals surface area contributed by atoms with Crippen molar-refractivity contribution in [3.63, 3.8) is 0 Å². The number of carboxylic acid groups (broad SMARTS) is 1. The van der Waals surface area contributed by atoms with Crippen LogP contribution in [0.5, 0.6) is 11.5 Å². The zero-order valence-corrected chi connectivity index (χ0v) is 16.0. The maximum atomic E-state index is 13.0. The summed E-state index contributed by atoms with van der Waals surface area (Å²) in [5.41, 5.74) is 1.93. The third kappa shape index (κ3) is 6.35. The monoisotopic (exact) mass is 394 g/mol. The highest BCUT2D eigenvalue weighted by Crippen LogP contribution is 2.22. The summed E-state index contributed by atoms with van der Waals surface area (Å²) in [4.78, 5) is 11.7. The van der Waals surface area contributed by atoms with E-state index in [0.29, 0.717) is 37.4 Å². The maximum absolute atomic E-state index is 13.0. The number of benzene rings is 3. The summed E-state index contributed by atoms with van der Waals surface area (Å²) in [7, 11) is 0. The summed E-state index contributed by atoms with van der Waals surface area (Å²) in [6.07, 6.45) is 0.598. The highest BCUT2D eigenvalue weighted by atomic mass is 19.1. The number of aryl methyl sites for hydroxylation is 1. The van der Waals surface area contributed by atoms with Gasteiger partial charge in [-0.3, -0.25) is 0 Å². The molecule has 0 fully saturated rings. The molecule has 3 aromatic carbocycles. The van der Waals surface area contributed by atoms with Gasteiger partial charge in [-0.15, -0.1) is 0 Å². The normalized spacial score (nSPS) is 11.6. The zero-order valence-electron chi connectivity index (χ0n) is 16.0. The number of rotatable bonds is 10. The van der Waals surface area contributed by atoms with E-state index >= 15 is 0 Å². The van der Waals surface area contributed by atoms with Crippen LogP contribution in [0.1, 0.15) is 17.5 Å². The lowest BCUT2D eigenvalue weighted by Gasteiger charge is -2.18. The fourth-order valence-corrected chi connectivity index (χ4v) is 2.96. The molecule has 150 valence electrons. The minimum absolute atomic E-state index is 0.314. The van der Waals surface area contributed by atoms with Crippen molar-refractivity contribution in [2.24, 2.45) is 0 Å². The highest BCUT2D eigenvalue weighted by molar-refractivity contribution is 5.72. The van der Waals surface area contributed by atoms with E-state index in [9.17, 15) is 14.3 Å². The van der Waals surface area contributed by atoms with Gasteiger partial charge >= 0.3 is 5.97 Å². The molecule has 1 atom stereocenters. The first-order chi connectivity index (χ1) is 14.1. The van der Waals surface area contributed by atoms with Gasteiger partial charge < -0.3 is 14.6 Å². The van der Waals surface area contributed by atoms with Crippen molar-refractivity contribution in [3.8, 4) is 11.5 Å². The molecule has 1 N–H and O–H groups in total. The second-order valence-electron chi connectivity index (χ2n) is 6.63. The molecule has 0 saturated heterocycles. The summed E-state index contributed by atoms with van der Waals surface area (Å²) < 4.78 is 24.4. The van der Waals surface area contributed by atoms with E-state index in [1.54, 1.807) is 18.2 Å². The Labute approximate surface area is 169 Å². The van der Waals surface area contributed by atoms with Gasteiger partial charge in [0, 0.05) is 6.42 Å². The number of hydrogen-bond donors (Lipinski definition) is 1. The van der Waals surface area contributed by atoms with Gasteiger partial charge in [0.2, 0.25) is 0 Å². The molecule has 29 heavy (non-hydrogen) atoms. The van der Waals surface area contributed by atoms with Gasteiger partial charge in [-0.25, -0.2) is 9.18 Å². The molecule has 1 unspecified atom stereocenters. The molecule has 0 radical (unpaired) electrons. The lowest BCUT2D eigenvalue weighted by Crippen LogP contribution is -2.28. The van der Waals surface area contributed by atoms with E-state index in [1.807, 2.05) is 48.5 Å². The fraction of sp³-hybridized carbons (Fsp3) is 0.208. The van der Waals surface area contributed by atoms with Gasteiger partial charge in [0.15, 0.2) is 6.10 Å². The molecule has 0 heterocycles. The van der Waals surface area contributed by atoms with Gasteiger partial charge in [-0.05, 0) is 54.3 Å². The van der Waals surface area contributed by atoms with E-state index in [2.05, 4.69) is 0 Å². The van der Waals surface area contributed by atoms with Crippen molar-refractivity contribution in [3.05, 3.63) is 95.8 Å². The van der Waals surface area contributed by atoms with Crippen LogP contribution in [0.3, 0.4) is 0 Å². The Hall–Kier alpha value is -3.34. The van der Waals surface area contributed by atoms with E-state index < -0.39 is 12.1 Å². The van der Waals surface area contributed by atoms with Crippen molar-refractivity contribution < 1.29 is 23.8 Å². The second kappa shape index (κ2) is 10.3. The van der Waals surface area contributed by atoms with Crippen LogP contribution < -0.4 is 9.47 Å². The van der Waals surface area contributed by atoms with Gasteiger partial charge in [-0.2, -0.15) is 0 Å². The number of hydrogen-bond acceptors (Lipinski definition) is 3. The van der Waals surface area contributed by atoms with Gasteiger partial charge in [0.1, 0.15) is 17.3 Å². The van der Waals surface area contributed by atoms with Crippen molar-refractivity contribution in [1.29, 1.82) is 0 Å². The molecule has 3 rings (SSSR count). The smallest absolute Gasteiger partial charge is 0.344 e. The predicted molar refractivity (Wildman–Crippen MR) is 109 cm³/mol. The zero-order chi connectivity index (χ0) is 20.5. The molecule has 0 spiro atoms. The van der Waals surface area contributed by atoms with E-state index in [0.717, 1.165) is 11.1 Å². The largest absolute Gasteiger partial charge is 0.493 e. The third-order valence-corrected chi connectivity index (χ3v) is 4.51. The minimum Gasteiger partial charge on any atom is -0.493 e. The Morgan fingerprint density at radius 2 is 1.59 bits per heavy atom. The van der Waals surface area contributed by atoms with Crippen molar-refractivity contribution in [2.45, 2.75) is 25.4 Å². The quantitative estimate of drug-likeness (QED) is 0.531. The maximum Gasteiger partial charge on any atom is 0.344 e. The Kier molecular flexibility index (Phi) is 7.22. The third-order valence-electron chi connectivity index (χ3n) is 4.51. The van der Waals surface area contributed by atoms with Crippen LogP contribution in [-0.2, 0) is 17.6 Å². The summed E-state index contributed by atoms with van der Waals surface area (Å²) >= 11 is 0. The van der Waals surface area contributed by atoms with Crippen LogP contribution in [-0.4, -0.2) is 23.8 Å². The predicted octanol–water partition coefficient (Wildman–Crippen LogP) is 4.91. The Morgan fingerprint density at radius 3 is 2.31 bits per heavy atom. The average molecular weight is 394 g/mol. The number of carbonyl (C=O) groups is 1. The van der Waals surface area contributed by atoms with Gasteiger partial charge in [0.05, 0.1) is 6.61 Å². The molecule has 0 saturated carbocycles. The summed E-state index contributed by atoms with van der Waals surface area (Å²) in [6, 6.07) is 22.9. The summed E-state index contributed by atoms with van der Waals surface area (Å²) in [6.45, 7) is 0.369. The molecule has 5 heteroatoms. The number of aliphatic carboxylic acids is 1. The summed E-state index contributed by atoms with van der Waals surface area (Å²) in [5, 5.41) is 9.57. The van der Waals surface area contributed by atoms with Crippen molar-refractivity contribution >= 4 is 5.97 Å². The second-order valence-corrected chi connectivity index (χ2v) is 6.63. The highest BCUT2D eigenvalue weighted by Gasteiger charge is 2.20. The Balaban J connectivity index is 1.60. The molecule has 0 amide bonds. The average Bonchev–Trinajstić information content (AvgIpc) is 2.74. The molecule has 4 nitrogen and oxygen atoms in total. The van der Waals surface area contributed by atoms with E-state index in [1.165, 1.54) is 12.1 Å². The Morgan fingerprint density at radius 1 is 0.897 bits per heavy atom. The lowest BCUT2D eigenvalue weighted by atomic mass is 10.1. The molecular formula is C24H23FO4. The first kappa shape index (κ1) is 20.4. The molecule has 0 bridgehead atoms. The first-order valence-electron chi connectivity index (χ1n) is 9.51. The van der Waals surface area contributed by atoms with Gasteiger partial charge in [-0.1, -0.05) is 48.5 Å². The van der Waals surface area contributed by atoms with Gasteiger partial charge in [0.25, 0.3) is 0 Å². The van der Waals surface area contributed by atoms with Crippen LogP contribution in [0, 0.1) is 5.82 Å². The van der Waals surface area contributed by atoms with E-state index in [-0.39, 0.29) is 5.82 Å². The Bertz CT molecular complexity index is 910. The molecule has 0 aromatic heterocycles. The van der Waals surface area contributed by atoms with Crippen LogP contribution >= 0.6 is 0 Å². The summed E-state index contributed by atoms with van der Waals surface area (Å²) in [5.74, 6) is -0.184. The van der Waals surface area contributed by atoms with Crippen LogP contribution in [0.4, 0.5) is 4.39 Å². The van der Waals surface area contributed by atoms with Crippen LogP contribution in [0.15, 0.2) is 78.9 Å². The molecular weight excluding hydrogens is 371 g/mol. The number of carboxylic acids is 1. The van der Waals surface area contributed by atoms with Crippen molar-refractivity contribution in [2.75, 3.05) is 6.61 Å². The number of halogens is 1. The number of para-hydroxylation sites is 1. The molecule has 0 aliphatic rings. The fourth-order valence-electron chi connectivity index (χ4n) is 2.96. The number of ether oxygens (including phenoxy) is 2. The standard InChI is InChI=1S/C24H23FO4/c25-20-11-13-21(14-12-20)28-17-16-19-8-4-5-9-22(19)29-23(24(26)27)15-10-18-6-2-1-3-7-18/h1-9,11-14,23H,10,15-17H2,(H,26,27). The van der Waals surface area contributed by atoms with E-state index in [4.69, 9.17) is 9.47 Å². The lowest BCUT2D eigenvalue weighted by molar-refractivity contribution is -0.145. The molecule has 0 aliphatic carbocycles. The minimum atomic E-state index is -0.988. The topological polar surface area (TPSA) is 55.8 Å². The SMILES string of the molecule is O=C(O)C(CCc1ccccc1)Oc1ccccc1CCOc1ccc(F)cc1. The first-order valence-corrected chi connectivity index (χ1v) is 9.51. The van der Waals surface area contributed by atoms with Crippen LogP contribution in [0.25, 0.3) is 0 Å².